The van der Waals surface area contributed by atoms with Crippen molar-refractivity contribution in [2.24, 2.45) is 0 Å². The third kappa shape index (κ3) is 4.95. The summed E-state index contributed by atoms with van der Waals surface area (Å²) >= 11 is 1.59. The Morgan fingerprint density at radius 3 is 2.65 bits per heavy atom. The van der Waals surface area contributed by atoms with Crippen molar-refractivity contribution in [3.8, 4) is 11.4 Å². The number of aromatic nitrogens is 4. The molecule has 0 spiro atoms. The minimum absolute atomic E-state index is 0.165. The van der Waals surface area contributed by atoms with Gasteiger partial charge >= 0.3 is 0 Å². The van der Waals surface area contributed by atoms with E-state index in [0.29, 0.717) is 6.42 Å². The van der Waals surface area contributed by atoms with Gasteiger partial charge in [-0.1, -0.05) is 11.8 Å². The summed E-state index contributed by atoms with van der Waals surface area (Å²) in [6.07, 6.45) is 2.39. The highest BCUT2D eigenvalue weighted by molar-refractivity contribution is 7.99. The predicted molar refractivity (Wildman–Crippen MR) is 89.0 cm³/mol. The average molecular weight is 335 g/mol. The molecule has 0 unspecified atom stereocenters. The van der Waals surface area contributed by atoms with Gasteiger partial charge in [-0.2, -0.15) is 4.68 Å². The van der Waals surface area contributed by atoms with Gasteiger partial charge in [0.15, 0.2) is 0 Å². The number of carbonyl (C=O) groups is 1. The zero-order valence-electron chi connectivity index (χ0n) is 13.6. The molecule has 0 radical (unpaired) electrons. The minimum Gasteiger partial charge on any atom is -0.497 e. The van der Waals surface area contributed by atoms with E-state index in [9.17, 15) is 4.79 Å². The first-order chi connectivity index (χ1) is 11.1. The predicted octanol–water partition coefficient (Wildman–Crippen LogP) is 2.02. The molecule has 0 aliphatic heterocycles. The fraction of sp³-hybridized carbons (Fsp3) is 0.467. The van der Waals surface area contributed by atoms with Gasteiger partial charge in [-0.15, -0.1) is 5.10 Å². The first-order valence-corrected chi connectivity index (χ1v) is 8.36. The molecule has 0 saturated heterocycles. The van der Waals surface area contributed by atoms with Gasteiger partial charge in [0.05, 0.1) is 12.8 Å². The van der Waals surface area contributed by atoms with Crippen molar-refractivity contribution in [1.82, 2.24) is 25.1 Å². The van der Waals surface area contributed by atoms with Crippen LogP contribution in [0.4, 0.5) is 0 Å². The molecule has 0 saturated carbocycles. The number of benzene rings is 1. The van der Waals surface area contributed by atoms with Crippen LogP contribution < -0.4 is 4.74 Å². The lowest BCUT2D eigenvalue weighted by atomic mass is 10.2. The quantitative estimate of drug-likeness (QED) is 0.543. The Hall–Kier alpha value is -2.09. The van der Waals surface area contributed by atoms with Crippen LogP contribution in [0, 0.1) is 0 Å². The van der Waals surface area contributed by atoms with E-state index in [1.165, 1.54) is 0 Å². The van der Waals surface area contributed by atoms with E-state index in [-0.39, 0.29) is 5.91 Å². The van der Waals surface area contributed by atoms with Crippen LogP contribution in [0.1, 0.15) is 19.3 Å². The van der Waals surface area contributed by atoms with Gasteiger partial charge in [-0.3, -0.25) is 4.79 Å². The monoisotopic (exact) mass is 335 g/mol. The largest absolute Gasteiger partial charge is 0.497 e. The molecule has 23 heavy (non-hydrogen) atoms. The van der Waals surface area contributed by atoms with Crippen LogP contribution in [-0.4, -0.2) is 58.0 Å². The molecule has 2 rings (SSSR count). The molecule has 2 aromatic rings. The third-order valence-corrected chi connectivity index (χ3v) is 4.28. The fourth-order valence-corrected chi connectivity index (χ4v) is 2.81. The molecular weight excluding hydrogens is 314 g/mol. The van der Waals surface area contributed by atoms with Crippen molar-refractivity contribution in [3.05, 3.63) is 24.3 Å². The zero-order chi connectivity index (χ0) is 16.7. The van der Waals surface area contributed by atoms with Crippen molar-refractivity contribution in [2.75, 3.05) is 27.0 Å². The Labute approximate surface area is 140 Å². The summed E-state index contributed by atoms with van der Waals surface area (Å²) in [6.45, 7) is 0. The highest BCUT2D eigenvalue weighted by Crippen LogP contribution is 2.21. The SMILES string of the molecule is COc1ccc(-n2nnnc2SCCCCC(=O)N(C)C)cc1. The third-order valence-electron chi connectivity index (χ3n) is 3.27. The highest BCUT2D eigenvalue weighted by atomic mass is 32.2. The summed E-state index contributed by atoms with van der Waals surface area (Å²) in [5.41, 5.74) is 0.890. The number of rotatable bonds is 8. The van der Waals surface area contributed by atoms with Crippen molar-refractivity contribution in [3.63, 3.8) is 0 Å². The topological polar surface area (TPSA) is 73.1 Å². The lowest BCUT2D eigenvalue weighted by Gasteiger charge is -2.09. The number of nitrogens with zero attached hydrogens (tertiary/aromatic N) is 5. The van der Waals surface area contributed by atoms with Gasteiger partial charge in [-0.25, -0.2) is 0 Å². The average Bonchev–Trinajstić information content (AvgIpc) is 3.02. The highest BCUT2D eigenvalue weighted by Gasteiger charge is 2.09. The van der Waals surface area contributed by atoms with Gasteiger partial charge in [0.25, 0.3) is 0 Å². The smallest absolute Gasteiger partial charge is 0.222 e. The summed E-state index contributed by atoms with van der Waals surface area (Å²) in [4.78, 5) is 13.1. The first kappa shape index (κ1) is 17.3. The standard InChI is InChI=1S/C15H21N5O2S/c1-19(2)14(21)6-4-5-11-23-15-16-17-18-20(15)12-7-9-13(22-3)10-8-12/h7-10H,4-6,11H2,1-3H3. The van der Waals surface area contributed by atoms with E-state index in [4.69, 9.17) is 4.74 Å². The molecule has 7 nitrogen and oxygen atoms in total. The van der Waals surface area contributed by atoms with Crippen molar-refractivity contribution in [1.29, 1.82) is 0 Å². The molecule has 1 aromatic heterocycles. The number of thioether (sulfide) groups is 1. The number of unbranched alkanes of at least 4 members (excludes halogenated alkanes) is 1. The van der Waals surface area contributed by atoms with Crippen LogP contribution >= 0.6 is 11.8 Å². The van der Waals surface area contributed by atoms with E-state index in [2.05, 4.69) is 15.5 Å². The summed E-state index contributed by atoms with van der Waals surface area (Å²) in [7, 11) is 5.19. The maximum atomic E-state index is 11.5. The Morgan fingerprint density at radius 2 is 2.00 bits per heavy atom. The normalized spacial score (nSPS) is 10.6. The van der Waals surface area contributed by atoms with Gasteiger partial charge in [0, 0.05) is 26.3 Å². The maximum absolute atomic E-state index is 11.5. The maximum Gasteiger partial charge on any atom is 0.222 e. The summed E-state index contributed by atoms with van der Waals surface area (Å²) in [6, 6.07) is 7.57. The second-order valence-corrected chi connectivity index (χ2v) is 6.23. The first-order valence-electron chi connectivity index (χ1n) is 7.37. The number of amides is 1. The van der Waals surface area contributed by atoms with Gasteiger partial charge in [0.1, 0.15) is 5.75 Å². The number of methoxy groups -OCH3 is 1. The van der Waals surface area contributed by atoms with Gasteiger partial charge < -0.3 is 9.64 Å². The number of tetrazole rings is 1. The van der Waals surface area contributed by atoms with Crippen LogP contribution in [0.15, 0.2) is 29.4 Å². The van der Waals surface area contributed by atoms with Crippen molar-refractivity contribution < 1.29 is 9.53 Å². The van der Waals surface area contributed by atoms with Crippen LogP contribution in [0.3, 0.4) is 0 Å². The van der Waals surface area contributed by atoms with E-state index in [1.807, 2.05) is 24.3 Å². The van der Waals surface area contributed by atoms with Crippen molar-refractivity contribution >= 4 is 17.7 Å². The molecule has 1 heterocycles. The van der Waals surface area contributed by atoms with Crippen LogP contribution in [0.25, 0.3) is 5.69 Å². The summed E-state index contributed by atoms with van der Waals surface area (Å²) in [5.74, 6) is 1.83. The fourth-order valence-electron chi connectivity index (χ4n) is 1.92. The second kappa shape index (κ2) is 8.52. The number of hydrogen-bond donors (Lipinski definition) is 0. The van der Waals surface area contributed by atoms with E-state index in [1.54, 1.807) is 42.5 Å². The Balaban J connectivity index is 1.85. The van der Waals surface area contributed by atoms with Crippen LogP contribution in [0.2, 0.25) is 0 Å². The molecule has 1 amide bonds. The molecule has 1 aromatic carbocycles. The minimum atomic E-state index is 0.165. The lowest BCUT2D eigenvalue weighted by Crippen LogP contribution is -2.21. The molecule has 124 valence electrons. The van der Waals surface area contributed by atoms with Gasteiger partial charge in [-0.05, 0) is 47.5 Å². The summed E-state index contributed by atoms with van der Waals surface area (Å²) in [5, 5.41) is 12.6. The number of ether oxygens (including phenoxy) is 1. The van der Waals surface area contributed by atoms with E-state index in [0.717, 1.165) is 35.2 Å². The molecule has 0 fully saturated rings. The molecule has 0 bridgehead atoms. The Bertz CT molecular complexity index is 627. The Morgan fingerprint density at radius 1 is 1.26 bits per heavy atom. The van der Waals surface area contributed by atoms with E-state index < -0.39 is 0 Å². The van der Waals surface area contributed by atoms with Crippen LogP contribution in [0.5, 0.6) is 5.75 Å². The molecular formula is C15H21N5O2S. The second-order valence-electron chi connectivity index (χ2n) is 5.17. The van der Waals surface area contributed by atoms with E-state index >= 15 is 0 Å². The molecule has 0 atom stereocenters. The lowest BCUT2D eigenvalue weighted by molar-refractivity contribution is -0.128. The van der Waals surface area contributed by atoms with Crippen molar-refractivity contribution in [2.45, 2.75) is 24.4 Å². The summed E-state index contributed by atoms with van der Waals surface area (Å²) < 4.78 is 6.85. The Kier molecular flexibility index (Phi) is 6.40. The van der Waals surface area contributed by atoms with Gasteiger partial charge in [0.2, 0.25) is 11.1 Å². The number of carbonyl (C=O) groups excluding carboxylic acids is 1. The number of hydrogen-bond acceptors (Lipinski definition) is 6. The van der Waals surface area contributed by atoms with Crippen LogP contribution in [-0.2, 0) is 4.79 Å². The molecule has 0 aliphatic carbocycles. The molecule has 0 N–H and O–H groups in total. The zero-order valence-corrected chi connectivity index (χ0v) is 14.4. The molecule has 8 heteroatoms. The molecule has 0 aliphatic rings.